The summed E-state index contributed by atoms with van der Waals surface area (Å²) < 4.78 is 5.16. The third-order valence-electron chi connectivity index (χ3n) is 23.2. The number of aromatic amines is 1. The molecule has 696 valence electrons. The van der Waals surface area contributed by atoms with Crippen molar-refractivity contribution in [3.8, 4) is 11.5 Å². The number of phenols is 2. The van der Waals surface area contributed by atoms with Gasteiger partial charge in [-0.15, -0.1) is 11.8 Å². The van der Waals surface area contributed by atoms with Gasteiger partial charge in [-0.3, -0.25) is 76.7 Å². The van der Waals surface area contributed by atoms with Gasteiger partial charge in [0.1, 0.15) is 72.2 Å². The number of aryl methyl sites for hydroxylation is 1. The van der Waals surface area contributed by atoms with E-state index in [0.29, 0.717) is 57.1 Å². The fourth-order valence-electron chi connectivity index (χ4n) is 15.8. The number of amides is 12. The van der Waals surface area contributed by atoms with Crippen molar-refractivity contribution in [3.05, 3.63) is 203 Å². The molecule has 0 unspecified atom stereocenters. The first kappa shape index (κ1) is 102. The van der Waals surface area contributed by atoms with E-state index in [4.69, 9.17) is 10.5 Å². The molecule has 1 saturated heterocycles. The maximum Gasteiger partial charge on any atom is 0.293 e. The van der Waals surface area contributed by atoms with Crippen LogP contribution in [0.15, 0.2) is 164 Å². The number of para-hydroxylation sites is 1. The maximum absolute atomic E-state index is 15.6. The Bertz CT molecular complexity index is 5090. The Morgan fingerprint density at radius 3 is 1.62 bits per heavy atom. The number of rotatable bonds is 25. The Labute approximate surface area is 762 Å². The zero-order chi connectivity index (χ0) is 95.0. The maximum atomic E-state index is 15.6. The van der Waals surface area contributed by atoms with Crippen molar-refractivity contribution in [2.24, 2.45) is 29.4 Å². The van der Waals surface area contributed by atoms with Crippen molar-refractivity contribution in [1.82, 2.24) is 61.4 Å². The van der Waals surface area contributed by atoms with Gasteiger partial charge in [0, 0.05) is 128 Å². The van der Waals surface area contributed by atoms with Crippen LogP contribution in [0.5, 0.6) is 11.5 Å². The average Bonchev–Trinajstić information content (AvgIpc) is 1.43. The fourth-order valence-corrected chi connectivity index (χ4v) is 16.7. The number of benzene rings is 6. The first-order valence-corrected chi connectivity index (χ1v) is 44.9. The van der Waals surface area contributed by atoms with Crippen LogP contribution < -0.4 is 37.6 Å². The molecule has 6 aromatic carbocycles. The van der Waals surface area contributed by atoms with Crippen LogP contribution in [-0.2, 0) is 120 Å². The predicted molar refractivity (Wildman–Crippen MR) is 490 cm³/mol. The summed E-state index contributed by atoms with van der Waals surface area (Å²) in [7, 11) is 6.83. The van der Waals surface area contributed by atoms with Crippen molar-refractivity contribution >= 4 is 117 Å². The number of fused-ring (bicyclic) bond motifs is 1. The lowest BCUT2D eigenvalue weighted by Gasteiger charge is -2.37. The van der Waals surface area contributed by atoms with Crippen LogP contribution in [-0.4, -0.2) is 255 Å². The van der Waals surface area contributed by atoms with Crippen molar-refractivity contribution in [2.75, 3.05) is 66.4 Å². The Morgan fingerprint density at radius 2 is 1.03 bits per heavy atom. The van der Waals surface area contributed by atoms with Gasteiger partial charge < -0.3 is 82.1 Å². The molecule has 0 saturated carbocycles. The Morgan fingerprint density at radius 1 is 0.515 bits per heavy atom. The normalized spacial score (nSPS) is 22.0. The lowest BCUT2D eigenvalue weighted by Crippen LogP contribution is -2.59. The topological polar surface area (TPSA) is 453 Å². The number of carbonyl (C=O) groups is 16. The highest BCUT2D eigenvalue weighted by Gasteiger charge is 2.42. The number of ether oxygens (including phenoxy) is 1. The molecule has 1 aliphatic heterocycles. The Kier molecular flexibility index (Phi) is 39.4. The second-order valence-electron chi connectivity index (χ2n) is 34.3. The lowest BCUT2D eigenvalue weighted by atomic mass is 9.84. The minimum atomic E-state index is -1.58. The molecule has 12 amide bonds. The van der Waals surface area contributed by atoms with E-state index in [1.54, 1.807) is 131 Å². The quantitative estimate of drug-likeness (QED) is 0.0305. The molecular weight excluding hydrogens is 1680 g/mol. The monoisotopic (exact) mass is 1810 g/mol. The number of primary amides is 1. The van der Waals surface area contributed by atoms with Gasteiger partial charge in [0.15, 0.2) is 11.6 Å². The highest BCUT2D eigenvalue weighted by atomic mass is 32.2. The van der Waals surface area contributed by atoms with E-state index in [1.165, 1.54) is 93.6 Å². The second kappa shape index (κ2) is 50.0. The smallest absolute Gasteiger partial charge is 0.293 e. The van der Waals surface area contributed by atoms with Crippen molar-refractivity contribution in [2.45, 2.75) is 186 Å². The number of hydrogen-bond acceptors (Lipinski definition) is 20. The molecule has 0 bridgehead atoms. The van der Waals surface area contributed by atoms with Crippen LogP contribution in [0.25, 0.3) is 10.9 Å². The molecule has 1 aliphatic rings. The number of nitrogens with two attached hydrogens (primary N) is 1. The van der Waals surface area contributed by atoms with E-state index < -0.39 is 211 Å². The molecule has 1 fully saturated rings. The van der Waals surface area contributed by atoms with Gasteiger partial charge >= 0.3 is 0 Å². The van der Waals surface area contributed by atoms with Gasteiger partial charge in [-0.2, -0.15) is 0 Å². The minimum absolute atomic E-state index is 0.0637. The summed E-state index contributed by atoms with van der Waals surface area (Å²) in [5, 5.41) is 38.3. The summed E-state index contributed by atoms with van der Waals surface area (Å²) in [5.41, 5.74) is 10.2. The number of nitrogens with zero attached hydrogens (tertiary/aromatic N) is 5. The molecule has 33 heteroatoms. The fraction of sp³-hybridized carbons (Fsp3) is 0.443. The van der Waals surface area contributed by atoms with E-state index in [2.05, 4.69) is 36.9 Å². The third kappa shape index (κ3) is 30.8. The summed E-state index contributed by atoms with van der Waals surface area (Å²) in [6, 6.07) is 30.3. The number of likely N-dealkylation sites (N-methyl/N-ethyl adjacent to an activating group) is 5. The molecule has 0 radical (unpaired) electrons. The van der Waals surface area contributed by atoms with Gasteiger partial charge in [-0.05, 0) is 95.3 Å². The molecule has 0 spiro atoms. The number of aromatic hydroxyl groups is 2. The molecule has 2 heterocycles. The molecule has 0 aliphatic carbocycles. The first-order valence-electron chi connectivity index (χ1n) is 43.7. The molecule has 7 aromatic rings. The summed E-state index contributed by atoms with van der Waals surface area (Å²) in [4.78, 5) is 244. The number of phenolic OH excluding ortho intramolecular Hbond substituents is 2. The van der Waals surface area contributed by atoms with Gasteiger partial charge in [0.2, 0.25) is 70.9 Å². The number of carbonyl (C=O) groups excluding carboxylic acids is 16. The summed E-state index contributed by atoms with van der Waals surface area (Å²) in [5.74, 6) is -16.3. The first-order chi connectivity index (χ1) is 61.9. The van der Waals surface area contributed by atoms with Gasteiger partial charge in [-0.1, -0.05) is 180 Å². The number of nitrogens with one attached hydrogen (secondary N) is 7. The van der Waals surface area contributed by atoms with Gasteiger partial charge in [-0.25, -0.2) is 0 Å². The van der Waals surface area contributed by atoms with Crippen LogP contribution in [0.2, 0.25) is 0 Å². The summed E-state index contributed by atoms with van der Waals surface area (Å²) in [6.07, 6.45) is -0.510. The van der Waals surface area contributed by atoms with Gasteiger partial charge in [0.25, 0.3) is 6.47 Å². The predicted octanol–water partition coefficient (Wildman–Crippen LogP) is 5.75. The number of Topliss-reactive ketones (excluding diaryl/α,β-unsaturated/α-hetero) is 3. The number of hydrogen-bond donors (Lipinski definition) is 10. The number of ketones is 3. The second-order valence-corrected chi connectivity index (χ2v) is 35.3. The molecule has 32 nitrogen and oxygen atoms in total. The standard InChI is InChI=1S/C97H123N13O19S/c1-12-13-31-81-96(127)106(7)53-71(114)49-68(55-129-58-111)85(116)51-73(60(4)5)93(124)109(10)82(47-62-24-16-14-17-25-62)92(123)104-78(45-65-34-38-70(113)39-35-65)94(125)107(8)54-87(118)100-77(50-67-52-99-74-30-21-20-29-72(67)74)91(122)103-76(44-64-32-36-69(112)37-33-64)90(121)102-75(42-59(2)3)89(120)105-80(84(115)40-41-86(98)117)56-130-57-88(119)101-79(46-66-28-22-23-61(6)43-66)95(126)110(11)83(97(128)108(81)9)48-63-26-18-15-19-27-63/h14-30,32-39,43,52,58-60,68,73,75-83,99,112-113H,12-13,31,40-42,44-51,53-57H2,1-11H3,(H2,98,117)(H,100,118)(H,101,119)(H,102,121)(H,103,122)(H,104,123)(H,105,120)/t68-,73-,75-,76-,77-,78-,79-,80-,81-,82-,83-/m0/s1. The van der Waals surface area contributed by atoms with E-state index in [-0.39, 0.29) is 81.0 Å². The summed E-state index contributed by atoms with van der Waals surface area (Å²) in [6.45, 7) is 8.73. The minimum Gasteiger partial charge on any atom is -0.508 e. The summed E-state index contributed by atoms with van der Waals surface area (Å²) >= 11 is 0.884. The molecule has 11 N–H and O–H groups in total. The highest BCUT2D eigenvalue weighted by Crippen LogP contribution is 2.28. The Hall–Kier alpha value is -13.1. The zero-order valence-electron chi connectivity index (χ0n) is 75.7. The molecule has 130 heavy (non-hydrogen) atoms. The van der Waals surface area contributed by atoms with Crippen LogP contribution in [0.4, 0.5) is 0 Å². The molecular formula is C97H123N13O19S. The zero-order valence-corrected chi connectivity index (χ0v) is 76.5. The van der Waals surface area contributed by atoms with E-state index in [9.17, 15) is 43.8 Å². The number of thioether (sulfide) groups is 1. The van der Waals surface area contributed by atoms with Crippen LogP contribution in [0, 0.1) is 30.6 Å². The van der Waals surface area contributed by atoms with E-state index in [0.717, 1.165) is 32.0 Å². The van der Waals surface area contributed by atoms with Crippen LogP contribution in [0.1, 0.15) is 125 Å². The molecule has 11 atom stereocenters. The largest absolute Gasteiger partial charge is 0.508 e. The van der Waals surface area contributed by atoms with Crippen molar-refractivity contribution in [3.63, 3.8) is 0 Å². The number of aromatic nitrogens is 1. The Balaban J connectivity index is 1.21. The number of unbranched alkanes of at least 4 members (excludes halogenated alkanes) is 1. The third-order valence-corrected chi connectivity index (χ3v) is 24.2. The van der Waals surface area contributed by atoms with Crippen molar-refractivity contribution in [1.29, 1.82) is 0 Å². The van der Waals surface area contributed by atoms with E-state index in [1.807, 2.05) is 26.0 Å². The number of H-pyrrole nitrogens is 1. The highest BCUT2D eigenvalue weighted by molar-refractivity contribution is 8.00. The van der Waals surface area contributed by atoms with Crippen molar-refractivity contribution < 1.29 is 91.7 Å². The van der Waals surface area contributed by atoms with E-state index >= 15 is 43.2 Å². The molecule has 8 rings (SSSR count). The lowest BCUT2D eigenvalue weighted by molar-refractivity contribution is -0.151. The van der Waals surface area contributed by atoms with Crippen LogP contribution >= 0.6 is 11.8 Å². The van der Waals surface area contributed by atoms with Crippen LogP contribution in [0.3, 0.4) is 0 Å². The SMILES string of the molecule is CCCC[C@H]1C(=O)N(C)CC(=O)C[C@@H](COC=O)C(=O)C[C@@H](C(C)C)C(=O)N(C)[C@@H](Cc2ccccc2)C(=O)N[C@@H](Cc2ccc(O)cc2)C(=O)N(C)CC(=O)N[C@@H](Cc2c[nH]c3ccccc23)C(=O)N[C@@H](Cc2ccc(O)cc2)C(=O)N[C@@H](CC(C)C)C(=O)N[C@H](C(=O)CCC(N)=O)CSCC(=O)N[C@@H](Cc2cccc(C)c2)C(=O)N(C)[C@@H](Cc2ccccc2)C(=O)N1C. The average molecular weight is 1810 g/mol. The molecule has 1 aromatic heterocycles. The van der Waals surface area contributed by atoms with Gasteiger partial charge in [0.05, 0.1) is 30.8 Å².